The zero-order chi connectivity index (χ0) is 15.2. The van der Waals surface area contributed by atoms with Gasteiger partial charge in [0.15, 0.2) is 0 Å². The number of nitrogens with one attached hydrogen (secondary N) is 1. The molecule has 21 heavy (non-hydrogen) atoms. The molecular weight excluding hydrogens is 262 g/mol. The topological polar surface area (TPSA) is 58.4 Å². The second kappa shape index (κ2) is 7.34. The van der Waals surface area contributed by atoms with Crippen LogP contribution < -0.4 is 16.0 Å². The Labute approximate surface area is 127 Å². The van der Waals surface area contributed by atoms with Crippen LogP contribution in [0.4, 0.5) is 11.4 Å². The molecule has 1 atom stereocenters. The summed E-state index contributed by atoms with van der Waals surface area (Å²) in [5, 5.41) is 2.90. The standard InChI is InChI=1S/C17H27N3O/c1-3-14-8-6-5-7-11-20(14)16-12-13(18)9-10-15(16)17(21)19-4-2/h9-10,12,14H,3-8,11,18H2,1-2H3,(H,19,21). The van der Waals surface area contributed by atoms with Gasteiger partial charge in [-0.2, -0.15) is 0 Å². The maximum atomic E-state index is 12.3. The van der Waals surface area contributed by atoms with Gasteiger partial charge in [0, 0.05) is 24.8 Å². The third-order valence-corrected chi connectivity index (χ3v) is 4.26. The maximum absolute atomic E-state index is 12.3. The van der Waals surface area contributed by atoms with Gasteiger partial charge in [-0.25, -0.2) is 0 Å². The number of nitrogen functional groups attached to an aromatic ring is 1. The van der Waals surface area contributed by atoms with Crippen molar-refractivity contribution in [2.24, 2.45) is 0 Å². The summed E-state index contributed by atoms with van der Waals surface area (Å²) in [7, 11) is 0. The lowest BCUT2D eigenvalue weighted by Crippen LogP contribution is -2.36. The average molecular weight is 289 g/mol. The highest BCUT2D eigenvalue weighted by Crippen LogP contribution is 2.30. The van der Waals surface area contributed by atoms with Gasteiger partial charge in [0.05, 0.1) is 11.3 Å². The molecule has 1 saturated heterocycles. The van der Waals surface area contributed by atoms with Gasteiger partial charge in [0.1, 0.15) is 0 Å². The molecule has 0 radical (unpaired) electrons. The predicted octanol–water partition coefficient (Wildman–Crippen LogP) is 3.18. The molecule has 3 N–H and O–H groups in total. The summed E-state index contributed by atoms with van der Waals surface area (Å²) in [6.07, 6.45) is 6.02. The van der Waals surface area contributed by atoms with Crippen molar-refractivity contribution in [2.75, 3.05) is 23.7 Å². The third kappa shape index (κ3) is 3.69. The fourth-order valence-electron chi connectivity index (χ4n) is 3.15. The van der Waals surface area contributed by atoms with Gasteiger partial charge in [-0.3, -0.25) is 4.79 Å². The van der Waals surface area contributed by atoms with E-state index in [2.05, 4.69) is 17.1 Å². The van der Waals surface area contributed by atoms with Crippen LogP contribution in [0, 0.1) is 0 Å². The van der Waals surface area contributed by atoms with Crippen LogP contribution in [0.25, 0.3) is 0 Å². The van der Waals surface area contributed by atoms with Crippen LogP contribution in [-0.2, 0) is 0 Å². The van der Waals surface area contributed by atoms with Crippen LogP contribution in [0.1, 0.15) is 56.3 Å². The van der Waals surface area contributed by atoms with Gasteiger partial charge in [0.2, 0.25) is 0 Å². The van der Waals surface area contributed by atoms with Crippen LogP contribution in [0.3, 0.4) is 0 Å². The molecule has 1 aliphatic heterocycles. The average Bonchev–Trinajstić information content (AvgIpc) is 2.72. The van der Waals surface area contributed by atoms with Crippen LogP contribution in [-0.4, -0.2) is 25.0 Å². The zero-order valence-corrected chi connectivity index (χ0v) is 13.2. The lowest BCUT2D eigenvalue weighted by molar-refractivity contribution is 0.0956. The van der Waals surface area contributed by atoms with Crippen molar-refractivity contribution in [3.63, 3.8) is 0 Å². The number of carbonyl (C=O) groups excluding carboxylic acids is 1. The number of nitrogens with zero attached hydrogens (tertiary/aromatic N) is 1. The van der Waals surface area contributed by atoms with Gasteiger partial charge in [0.25, 0.3) is 5.91 Å². The van der Waals surface area contributed by atoms with Crippen molar-refractivity contribution in [2.45, 2.75) is 52.0 Å². The highest BCUT2D eigenvalue weighted by Gasteiger charge is 2.24. The number of rotatable bonds is 4. The molecule has 0 saturated carbocycles. The number of nitrogens with two attached hydrogens (primary N) is 1. The Balaban J connectivity index is 2.39. The first kappa shape index (κ1) is 15.7. The van der Waals surface area contributed by atoms with Crippen molar-refractivity contribution >= 4 is 17.3 Å². The summed E-state index contributed by atoms with van der Waals surface area (Å²) in [6.45, 7) is 5.81. The molecule has 1 fully saturated rings. The van der Waals surface area contributed by atoms with E-state index >= 15 is 0 Å². The summed E-state index contributed by atoms with van der Waals surface area (Å²) >= 11 is 0. The van der Waals surface area contributed by atoms with Gasteiger partial charge in [-0.15, -0.1) is 0 Å². The molecule has 0 aliphatic carbocycles. The first-order valence-corrected chi connectivity index (χ1v) is 8.11. The normalized spacial score (nSPS) is 19.1. The summed E-state index contributed by atoms with van der Waals surface area (Å²) in [6, 6.07) is 6.13. The molecule has 0 bridgehead atoms. The SMILES string of the molecule is CCNC(=O)c1ccc(N)cc1N1CCCCCC1CC. The van der Waals surface area contributed by atoms with E-state index in [1.54, 1.807) is 0 Å². The first-order valence-electron chi connectivity index (χ1n) is 8.11. The van der Waals surface area contributed by atoms with Gasteiger partial charge in [-0.1, -0.05) is 19.8 Å². The molecule has 0 spiro atoms. The minimum Gasteiger partial charge on any atom is -0.399 e. The van der Waals surface area contributed by atoms with E-state index in [0.717, 1.165) is 29.9 Å². The number of hydrogen-bond acceptors (Lipinski definition) is 3. The Hall–Kier alpha value is -1.71. The van der Waals surface area contributed by atoms with Gasteiger partial charge in [-0.05, 0) is 44.4 Å². The number of amides is 1. The number of carbonyl (C=O) groups is 1. The van der Waals surface area contributed by atoms with Crippen molar-refractivity contribution in [1.29, 1.82) is 0 Å². The monoisotopic (exact) mass is 289 g/mol. The smallest absolute Gasteiger partial charge is 0.253 e. The molecular formula is C17H27N3O. The number of anilines is 2. The molecule has 1 unspecified atom stereocenters. The Morgan fingerprint density at radius 2 is 2.14 bits per heavy atom. The maximum Gasteiger partial charge on any atom is 0.253 e. The van der Waals surface area contributed by atoms with Gasteiger partial charge < -0.3 is 16.0 Å². The lowest BCUT2D eigenvalue weighted by Gasteiger charge is -2.33. The largest absolute Gasteiger partial charge is 0.399 e. The van der Waals surface area contributed by atoms with Crippen LogP contribution in [0.2, 0.25) is 0 Å². The highest BCUT2D eigenvalue weighted by molar-refractivity contribution is 6.00. The molecule has 4 heteroatoms. The number of benzene rings is 1. The first-order chi connectivity index (χ1) is 10.2. The molecule has 1 aliphatic rings. The second-order valence-electron chi connectivity index (χ2n) is 5.74. The Morgan fingerprint density at radius 1 is 1.33 bits per heavy atom. The van der Waals surface area contributed by atoms with Crippen molar-refractivity contribution < 1.29 is 4.79 Å². The summed E-state index contributed by atoms with van der Waals surface area (Å²) < 4.78 is 0. The minimum absolute atomic E-state index is 0.00778. The van der Waals surface area contributed by atoms with E-state index in [4.69, 9.17) is 5.73 Å². The molecule has 0 aromatic heterocycles. The van der Waals surface area contributed by atoms with E-state index in [0.29, 0.717) is 12.6 Å². The number of hydrogen-bond donors (Lipinski definition) is 2. The Bertz CT molecular complexity index is 487. The van der Waals surface area contributed by atoms with Crippen molar-refractivity contribution in [3.05, 3.63) is 23.8 Å². The Morgan fingerprint density at radius 3 is 2.86 bits per heavy atom. The molecule has 4 nitrogen and oxygen atoms in total. The predicted molar refractivity (Wildman–Crippen MR) is 88.8 cm³/mol. The van der Waals surface area contributed by atoms with E-state index in [9.17, 15) is 4.79 Å². The van der Waals surface area contributed by atoms with Crippen molar-refractivity contribution in [3.8, 4) is 0 Å². The van der Waals surface area contributed by atoms with E-state index < -0.39 is 0 Å². The lowest BCUT2D eigenvalue weighted by atomic mass is 10.0. The highest BCUT2D eigenvalue weighted by atomic mass is 16.1. The molecule has 1 heterocycles. The van der Waals surface area contributed by atoms with Crippen molar-refractivity contribution in [1.82, 2.24) is 5.32 Å². The molecule has 1 aromatic rings. The summed E-state index contributed by atoms with van der Waals surface area (Å²) in [4.78, 5) is 14.7. The van der Waals surface area contributed by atoms with Crippen LogP contribution in [0.15, 0.2) is 18.2 Å². The van der Waals surface area contributed by atoms with E-state index in [1.807, 2.05) is 25.1 Å². The fourth-order valence-corrected chi connectivity index (χ4v) is 3.15. The quantitative estimate of drug-likeness (QED) is 0.837. The fraction of sp³-hybridized carbons (Fsp3) is 0.588. The minimum atomic E-state index is -0.00778. The summed E-state index contributed by atoms with van der Waals surface area (Å²) in [5.74, 6) is -0.00778. The molecule has 1 amide bonds. The van der Waals surface area contributed by atoms with Gasteiger partial charge >= 0.3 is 0 Å². The van der Waals surface area contributed by atoms with E-state index in [1.165, 1.54) is 25.7 Å². The molecule has 116 valence electrons. The van der Waals surface area contributed by atoms with Crippen LogP contribution >= 0.6 is 0 Å². The summed E-state index contributed by atoms with van der Waals surface area (Å²) in [5.41, 5.74) is 8.43. The molecule has 2 rings (SSSR count). The molecule has 1 aromatic carbocycles. The van der Waals surface area contributed by atoms with Crippen LogP contribution in [0.5, 0.6) is 0 Å². The zero-order valence-electron chi connectivity index (χ0n) is 13.2. The van der Waals surface area contributed by atoms with E-state index in [-0.39, 0.29) is 5.91 Å². The Kier molecular flexibility index (Phi) is 5.48. The third-order valence-electron chi connectivity index (χ3n) is 4.26. The second-order valence-corrected chi connectivity index (χ2v) is 5.74.